The molecule has 2 rings (SSSR count). The van der Waals surface area contributed by atoms with Crippen LogP contribution >= 0.6 is 0 Å². The van der Waals surface area contributed by atoms with Crippen LogP contribution in [0.15, 0.2) is 24.3 Å². The van der Waals surface area contributed by atoms with E-state index in [0.29, 0.717) is 26.0 Å². The summed E-state index contributed by atoms with van der Waals surface area (Å²) in [4.78, 5) is 24.6. The van der Waals surface area contributed by atoms with Crippen molar-refractivity contribution in [2.45, 2.75) is 26.2 Å². The van der Waals surface area contributed by atoms with E-state index < -0.39 is 5.41 Å². The number of anilines is 1. The third-order valence-corrected chi connectivity index (χ3v) is 3.86. The Balaban J connectivity index is 2.01. The molecular formula is C16H22N2O3. The first-order chi connectivity index (χ1) is 10.1. The topological polar surface area (TPSA) is 67.4 Å². The molecule has 5 nitrogen and oxygen atoms in total. The number of amides is 2. The van der Waals surface area contributed by atoms with E-state index >= 15 is 0 Å². The van der Waals surface area contributed by atoms with E-state index in [9.17, 15) is 9.59 Å². The summed E-state index contributed by atoms with van der Waals surface area (Å²) in [6.45, 7) is 2.91. The van der Waals surface area contributed by atoms with E-state index in [0.717, 1.165) is 17.7 Å². The molecule has 1 aliphatic carbocycles. The Bertz CT molecular complexity index is 524. The molecule has 0 saturated heterocycles. The molecule has 0 heterocycles. The lowest BCUT2D eigenvalue weighted by Crippen LogP contribution is -2.41. The first-order valence-corrected chi connectivity index (χ1v) is 7.30. The number of hydrogen-bond acceptors (Lipinski definition) is 3. The standard InChI is InChI=1S/C16H22N2O3/c1-3-12-6-4-5-7-13(12)18-15(20)16(8-9-16)14(19)17-10-11-21-2/h4-7H,3,8-11H2,1-2H3,(H,17,19)(H,18,20). The van der Waals surface area contributed by atoms with E-state index in [1.54, 1.807) is 7.11 Å². The van der Waals surface area contributed by atoms with Crippen LogP contribution in [0.5, 0.6) is 0 Å². The van der Waals surface area contributed by atoms with Crippen LogP contribution in [0.4, 0.5) is 5.69 Å². The molecule has 2 N–H and O–H groups in total. The quantitative estimate of drug-likeness (QED) is 0.593. The molecule has 2 amide bonds. The highest BCUT2D eigenvalue weighted by Crippen LogP contribution is 2.46. The fourth-order valence-electron chi connectivity index (χ4n) is 2.31. The summed E-state index contributed by atoms with van der Waals surface area (Å²) in [5.74, 6) is -0.413. The van der Waals surface area contributed by atoms with Crippen LogP contribution in [0.25, 0.3) is 0 Å². The predicted molar refractivity (Wildman–Crippen MR) is 81.0 cm³/mol. The number of benzene rings is 1. The minimum absolute atomic E-state index is 0.203. The molecule has 0 aromatic heterocycles. The summed E-state index contributed by atoms with van der Waals surface area (Å²) < 4.78 is 4.90. The van der Waals surface area contributed by atoms with Crippen LogP contribution in [0.3, 0.4) is 0 Å². The first-order valence-electron chi connectivity index (χ1n) is 7.30. The summed E-state index contributed by atoms with van der Waals surface area (Å²) in [7, 11) is 1.58. The Kier molecular flexibility index (Phi) is 4.96. The summed E-state index contributed by atoms with van der Waals surface area (Å²) >= 11 is 0. The van der Waals surface area contributed by atoms with E-state index in [1.165, 1.54) is 0 Å². The number of ether oxygens (including phenoxy) is 1. The summed E-state index contributed by atoms with van der Waals surface area (Å²) in [5.41, 5.74) is 0.969. The van der Waals surface area contributed by atoms with Gasteiger partial charge in [-0.05, 0) is 30.9 Å². The second-order valence-corrected chi connectivity index (χ2v) is 5.30. The Morgan fingerprint density at radius 2 is 1.95 bits per heavy atom. The molecule has 1 fully saturated rings. The van der Waals surface area contributed by atoms with Crippen molar-refractivity contribution in [2.75, 3.05) is 25.6 Å². The minimum Gasteiger partial charge on any atom is -0.383 e. The van der Waals surface area contributed by atoms with E-state index in [-0.39, 0.29) is 11.8 Å². The van der Waals surface area contributed by atoms with Crippen LogP contribution in [0, 0.1) is 5.41 Å². The van der Waals surface area contributed by atoms with Gasteiger partial charge in [-0.3, -0.25) is 9.59 Å². The van der Waals surface area contributed by atoms with Crippen LogP contribution in [0.1, 0.15) is 25.3 Å². The van der Waals surface area contributed by atoms with Gasteiger partial charge >= 0.3 is 0 Å². The highest BCUT2D eigenvalue weighted by Gasteiger charge is 2.56. The minimum atomic E-state index is -0.894. The van der Waals surface area contributed by atoms with Crippen molar-refractivity contribution < 1.29 is 14.3 Å². The fourth-order valence-corrected chi connectivity index (χ4v) is 2.31. The normalized spacial score (nSPS) is 15.3. The Labute approximate surface area is 125 Å². The van der Waals surface area contributed by atoms with E-state index in [4.69, 9.17) is 4.74 Å². The van der Waals surface area contributed by atoms with E-state index in [1.807, 2.05) is 31.2 Å². The summed E-state index contributed by atoms with van der Waals surface area (Å²) in [6.07, 6.45) is 2.04. The highest BCUT2D eigenvalue weighted by molar-refractivity contribution is 6.13. The molecule has 1 aliphatic rings. The zero-order valence-corrected chi connectivity index (χ0v) is 12.6. The van der Waals surface area contributed by atoms with E-state index in [2.05, 4.69) is 10.6 Å². The molecular weight excluding hydrogens is 268 g/mol. The molecule has 1 aromatic carbocycles. The number of methoxy groups -OCH3 is 1. The van der Waals surface area contributed by atoms with Gasteiger partial charge in [0.05, 0.1) is 6.61 Å². The molecule has 1 saturated carbocycles. The van der Waals surface area contributed by atoms with Crippen molar-refractivity contribution in [3.05, 3.63) is 29.8 Å². The molecule has 0 bridgehead atoms. The third kappa shape index (κ3) is 3.42. The number of aryl methyl sites for hydroxylation is 1. The molecule has 21 heavy (non-hydrogen) atoms. The summed E-state index contributed by atoms with van der Waals surface area (Å²) in [6, 6.07) is 7.68. The SMILES string of the molecule is CCc1ccccc1NC(=O)C1(C(=O)NCCOC)CC1. The van der Waals surface area contributed by atoms with Crippen molar-refractivity contribution in [1.29, 1.82) is 0 Å². The van der Waals surface area contributed by atoms with Crippen LogP contribution in [-0.2, 0) is 20.7 Å². The van der Waals surface area contributed by atoms with Crippen LogP contribution in [0.2, 0.25) is 0 Å². The maximum Gasteiger partial charge on any atom is 0.240 e. The van der Waals surface area contributed by atoms with Gasteiger partial charge in [0, 0.05) is 19.3 Å². The predicted octanol–water partition coefficient (Wildman–Crippen LogP) is 1.73. The molecule has 1 aromatic rings. The zero-order chi connectivity index (χ0) is 15.3. The van der Waals surface area contributed by atoms with Crippen molar-refractivity contribution in [3.8, 4) is 0 Å². The Morgan fingerprint density at radius 3 is 2.57 bits per heavy atom. The molecule has 0 atom stereocenters. The van der Waals surface area contributed by atoms with Gasteiger partial charge in [0.2, 0.25) is 11.8 Å². The lowest BCUT2D eigenvalue weighted by atomic mass is 10.0. The molecule has 5 heteroatoms. The lowest BCUT2D eigenvalue weighted by Gasteiger charge is -2.16. The monoisotopic (exact) mass is 290 g/mol. The highest BCUT2D eigenvalue weighted by atomic mass is 16.5. The van der Waals surface area contributed by atoms with Crippen molar-refractivity contribution in [1.82, 2.24) is 5.32 Å². The van der Waals surface area contributed by atoms with Crippen LogP contribution in [-0.4, -0.2) is 32.1 Å². The number of rotatable bonds is 7. The fraction of sp³-hybridized carbons (Fsp3) is 0.500. The van der Waals surface area contributed by atoms with Gasteiger partial charge in [-0.15, -0.1) is 0 Å². The average Bonchev–Trinajstić information content (AvgIpc) is 3.29. The number of para-hydroxylation sites is 1. The summed E-state index contributed by atoms with van der Waals surface area (Å²) in [5, 5.41) is 5.66. The molecule has 0 aliphatic heterocycles. The molecule has 0 radical (unpaired) electrons. The van der Waals surface area contributed by atoms with Gasteiger partial charge in [0.25, 0.3) is 0 Å². The zero-order valence-electron chi connectivity index (χ0n) is 12.6. The van der Waals surface area contributed by atoms with Gasteiger partial charge in [-0.1, -0.05) is 25.1 Å². The first kappa shape index (κ1) is 15.5. The van der Waals surface area contributed by atoms with Crippen molar-refractivity contribution >= 4 is 17.5 Å². The lowest BCUT2D eigenvalue weighted by molar-refractivity contribution is -0.134. The smallest absolute Gasteiger partial charge is 0.240 e. The van der Waals surface area contributed by atoms with Crippen molar-refractivity contribution in [2.24, 2.45) is 5.41 Å². The molecule has 114 valence electrons. The second-order valence-electron chi connectivity index (χ2n) is 5.30. The Morgan fingerprint density at radius 1 is 1.24 bits per heavy atom. The second kappa shape index (κ2) is 6.72. The number of carbonyl (C=O) groups excluding carboxylic acids is 2. The maximum atomic E-state index is 12.4. The van der Waals surface area contributed by atoms with Crippen molar-refractivity contribution in [3.63, 3.8) is 0 Å². The van der Waals surface area contributed by atoms with Gasteiger partial charge in [-0.2, -0.15) is 0 Å². The largest absolute Gasteiger partial charge is 0.383 e. The van der Waals surface area contributed by atoms with Gasteiger partial charge < -0.3 is 15.4 Å². The Hall–Kier alpha value is -1.88. The van der Waals surface area contributed by atoms with Gasteiger partial charge in [0.1, 0.15) is 5.41 Å². The third-order valence-electron chi connectivity index (χ3n) is 3.86. The van der Waals surface area contributed by atoms with Gasteiger partial charge in [0.15, 0.2) is 0 Å². The number of nitrogens with one attached hydrogen (secondary N) is 2. The molecule has 0 unspecified atom stereocenters. The maximum absolute atomic E-state index is 12.4. The van der Waals surface area contributed by atoms with Crippen LogP contribution < -0.4 is 10.6 Å². The number of carbonyl (C=O) groups is 2. The van der Waals surface area contributed by atoms with Gasteiger partial charge in [-0.25, -0.2) is 0 Å². The number of hydrogen-bond donors (Lipinski definition) is 2. The average molecular weight is 290 g/mol. The molecule has 0 spiro atoms.